The Bertz CT molecular complexity index is 766. The van der Waals surface area contributed by atoms with E-state index in [2.05, 4.69) is 11.9 Å². The van der Waals surface area contributed by atoms with E-state index in [0.717, 1.165) is 16.4 Å². The van der Waals surface area contributed by atoms with E-state index in [9.17, 15) is 26.4 Å². The van der Waals surface area contributed by atoms with Crippen molar-refractivity contribution >= 4 is 27.5 Å². The second-order valence-corrected chi connectivity index (χ2v) is 7.95. The maximum Gasteiger partial charge on any atom is 0.417 e. The third-order valence-corrected chi connectivity index (χ3v) is 5.69. The number of benzene rings is 1. The molecule has 1 aromatic carbocycles. The van der Waals surface area contributed by atoms with Gasteiger partial charge in [-0.15, -0.1) is 6.58 Å². The first-order valence-corrected chi connectivity index (χ1v) is 9.52. The van der Waals surface area contributed by atoms with Crippen molar-refractivity contribution in [1.29, 1.82) is 0 Å². The van der Waals surface area contributed by atoms with Crippen LogP contribution in [0.1, 0.15) is 25.8 Å². The Labute approximate surface area is 155 Å². The Kier molecular flexibility index (Phi) is 7.67. The lowest BCUT2D eigenvalue weighted by atomic mass is 10.2. The Morgan fingerprint density at radius 2 is 2.04 bits per heavy atom. The molecule has 0 aliphatic carbocycles. The molecule has 0 spiro atoms. The molecule has 0 fully saturated rings. The molecule has 1 rings (SSSR count). The van der Waals surface area contributed by atoms with E-state index in [-0.39, 0.29) is 12.6 Å². The van der Waals surface area contributed by atoms with Crippen LogP contribution in [0.4, 0.5) is 13.2 Å². The van der Waals surface area contributed by atoms with Gasteiger partial charge in [-0.1, -0.05) is 24.6 Å². The number of sulfonamides is 1. The van der Waals surface area contributed by atoms with Crippen LogP contribution < -0.4 is 5.32 Å². The van der Waals surface area contributed by atoms with Crippen molar-refractivity contribution in [2.24, 2.45) is 0 Å². The summed E-state index contributed by atoms with van der Waals surface area (Å²) in [7, 11) is -4.36. The van der Waals surface area contributed by atoms with Gasteiger partial charge in [-0.2, -0.15) is 17.5 Å². The maximum absolute atomic E-state index is 13.0. The number of carbonyl (C=O) groups excluding carboxylic acids is 1. The van der Waals surface area contributed by atoms with Gasteiger partial charge in [-0.3, -0.25) is 4.79 Å². The molecule has 0 unspecified atom stereocenters. The zero-order chi connectivity index (χ0) is 20.1. The number of alkyl halides is 3. The lowest BCUT2D eigenvalue weighted by Crippen LogP contribution is -2.43. The van der Waals surface area contributed by atoms with Gasteiger partial charge in [0.25, 0.3) is 0 Å². The minimum atomic E-state index is -4.81. The monoisotopic (exact) mass is 412 g/mol. The van der Waals surface area contributed by atoms with Crippen LogP contribution in [0.2, 0.25) is 5.02 Å². The number of halogens is 4. The summed E-state index contributed by atoms with van der Waals surface area (Å²) in [5.74, 6) is -0.560. The quantitative estimate of drug-likeness (QED) is 0.665. The van der Waals surface area contributed by atoms with Crippen molar-refractivity contribution < 1.29 is 26.4 Å². The molecule has 146 valence electrons. The van der Waals surface area contributed by atoms with E-state index in [1.807, 2.05) is 6.92 Å². The third kappa shape index (κ3) is 5.72. The first-order chi connectivity index (χ1) is 11.9. The minimum absolute atomic E-state index is 0.164. The van der Waals surface area contributed by atoms with Gasteiger partial charge in [-0.05, 0) is 31.5 Å². The standard InChI is InChI=1S/C16H20ClF3N2O3S/c1-4-8-22(10-15(23)21-11(3)5-2)26(24,25)12-6-7-14(17)13(9-12)16(18,19)20/h4,6-7,9,11H,1,5,8,10H2,2-3H3,(H,21,23)/t11-/m1/s1. The van der Waals surface area contributed by atoms with Crippen LogP contribution in [0.5, 0.6) is 0 Å². The molecule has 0 aliphatic rings. The number of nitrogens with zero attached hydrogens (tertiary/aromatic N) is 1. The fraction of sp³-hybridized carbons (Fsp3) is 0.438. The predicted molar refractivity (Wildman–Crippen MR) is 93.3 cm³/mol. The lowest BCUT2D eigenvalue weighted by molar-refractivity contribution is -0.137. The van der Waals surface area contributed by atoms with Gasteiger partial charge in [0.2, 0.25) is 15.9 Å². The van der Waals surface area contributed by atoms with Crippen LogP contribution in [-0.4, -0.2) is 37.8 Å². The second-order valence-electron chi connectivity index (χ2n) is 5.60. The zero-order valence-electron chi connectivity index (χ0n) is 14.3. The van der Waals surface area contributed by atoms with Gasteiger partial charge in [0.05, 0.1) is 22.0 Å². The summed E-state index contributed by atoms with van der Waals surface area (Å²) >= 11 is 5.52. The van der Waals surface area contributed by atoms with Crippen LogP contribution in [0.3, 0.4) is 0 Å². The molecule has 1 aromatic rings. The number of rotatable bonds is 8. The summed E-state index contributed by atoms with van der Waals surface area (Å²) in [5, 5.41) is 2.00. The van der Waals surface area contributed by atoms with E-state index in [0.29, 0.717) is 12.5 Å². The fourth-order valence-corrected chi connectivity index (χ4v) is 3.62. The highest BCUT2D eigenvalue weighted by atomic mass is 35.5. The van der Waals surface area contributed by atoms with E-state index < -0.39 is 44.1 Å². The topological polar surface area (TPSA) is 66.5 Å². The average molecular weight is 413 g/mol. The van der Waals surface area contributed by atoms with Crippen molar-refractivity contribution in [1.82, 2.24) is 9.62 Å². The normalized spacial score (nSPS) is 13.5. The molecule has 0 heterocycles. The molecule has 5 nitrogen and oxygen atoms in total. The van der Waals surface area contributed by atoms with Gasteiger partial charge in [0, 0.05) is 12.6 Å². The van der Waals surface area contributed by atoms with Crippen molar-refractivity contribution in [3.63, 3.8) is 0 Å². The molecule has 10 heteroatoms. The molecule has 1 N–H and O–H groups in total. The Balaban J connectivity index is 3.22. The summed E-state index contributed by atoms with van der Waals surface area (Å²) in [4.78, 5) is 11.4. The van der Waals surface area contributed by atoms with Crippen molar-refractivity contribution in [2.75, 3.05) is 13.1 Å². The molecule has 26 heavy (non-hydrogen) atoms. The molecule has 0 saturated carbocycles. The average Bonchev–Trinajstić information content (AvgIpc) is 2.53. The van der Waals surface area contributed by atoms with Gasteiger partial charge < -0.3 is 5.32 Å². The second kappa shape index (κ2) is 8.88. The first-order valence-electron chi connectivity index (χ1n) is 7.70. The number of carbonyl (C=O) groups is 1. The van der Waals surface area contributed by atoms with Crippen molar-refractivity contribution in [3.8, 4) is 0 Å². The molecular weight excluding hydrogens is 393 g/mol. The van der Waals surface area contributed by atoms with Gasteiger partial charge in [-0.25, -0.2) is 8.42 Å². The van der Waals surface area contributed by atoms with Crippen LogP contribution in [0.25, 0.3) is 0 Å². The van der Waals surface area contributed by atoms with Crippen LogP contribution in [0.15, 0.2) is 35.7 Å². The van der Waals surface area contributed by atoms with Crippen LogP contribution in [0, 0.1) is 0 Å². The Morgan fingerprint density at radius 1 is 1.42 bits per heavy atom. The van der Waals surface area contributed by atoms with Gasteiger partial charge in [0.1, 0.15) is 0 Å². The molecule has 1 amide bonds. The molecule has 0 saturated heterocycles. The van der Waals surface area contributed by atoms with E-state index in [1.165, 1.54) is 6.08 Å². The molecule has 0 radical (unpaired) electrons. The highest BCUT2D eigenvalue weighted by Crippen LogP contribution is 2.36. The molecule has 0 aromatic heterocycles. The highest BCUT2D eigenvalue weighted by molar-refractivity contribution is 7.89. The van der Waals surface area contributed by atoms with E-state index in [1.54, 1.807) is 6.92 Å². The van der Waals surface area contributed by atoms with Crippen LogP contribution in [-0.2, 0) is 21.0 Å². The third-order valence-electron chi connectivity index (χ3n) is 3.55. The highest BCUT2D eigenvalue weighted by Gasteiger charge is 2.35. The van der Waals surface area contributed by atoms with Crippen molar-refractivity contribution in [2.45, 2.75) is 37.4 Å². The van der Waals surface area contributed by atoms with Gasteiger partial charge in [0.15, 0.2) is 0 Å². The first kappa shape index (κ1) is 22.5. The van der Waals surface area contributed by atoms with E-state index in [4.69, 9.17) is 11.6 Å². The summed E-state index contributed by atoms with van der Waals surface area (Å²) in [5.41, 5.74) is -1.26. The Morgan fingerprint density at radius 3 is 2.54 bits per heavy atom. The largest absolute Gasteiger partial charge is 0.417 e. The smallest absolute Gasteiger partial charge is 0.353 e. The van der Waals surface area contributed by atoms with Crippen LogP contribution >= 0.6 is 11.6 Å². The zero-order valence-corrected chi connectivity index (χ0v) is 15.9. The molecule has 1 atom stereocenters. The molecular formula is C16H20ClF3N2O3S. The number of hydrogen-bond acceptors (Lipinski definition) is 3. The summed E-state index contributed by atoms with van der Waals surface area (Å²) in [6.45, 7) is 6.24. The Hall–Kier alpha value is -1.58. The number of amides is 1. The van der Waals surface area contributed by atoms with Crippen molar-refractivity contribution in [3.05, 3.63) is 41.4 Å². The fourth-order valence-electron chi connectivity index (χ4n) is 2.01. The SMILES string of the molecule is C=CCN(CC(=O)N[C@H](C)CC)S(=O)(=O)c1ccc(Cl)c(C(F)(F)F)c1. The minimum Gasteiger partial charge on any atom is -0.353 e. The predicted octanol–water partition coefficient (Wildman–Crippen LogP) is 3.45. The van der Waals surface area contributed by atoms with E-state index >= 15 is 0 Å². The summed E-state index contributed by atoms with van der Waals surface area (Å²) in [6.07, 6.45) is -2.92. The maximum atomic E-state index is 13.0. The molecule has 0 aliphatic heterocycles. The number of nitrogens with one attached hydrogen (secondary N) is 1. The summed E-state index contributed by atoms with van der Waals surface area (Å²) in [6, 6.07) is 2.13. The molecule has 0 bridgehead atoms. The summed E-state index contributed by atoms with van der Waals surface area (Å²) < 4.78 is 65.1. The van der Waals surface area contributed by atoms with Gasteiger partial charge >= 0.3 is 6.18 Å². The lowest BCUT2D eigenvalue weighted by Gasteiger charge is -2.22. The number of hydrogen-bond donors (Lipinski definition) is 1.